The average Bonchev–Trinajstić information content (AvgIpc) is 3.40. The Bertz CT molecular complexity index is 1360. The fourth-order valence-corrected chi connectivity index (χ4v) is 5.44. The number of hydrogen-bond acceptors (Lipinski definition) is 6. The molecule has 5 rings (SSSR count). The molecule has 192 valence electrons. The van der Waals surface area contributed by atoms with E-state index in [-0.39, 0.29) is 36.3 Å². The predicted octanol–water partition coefficient (Wildman–Crippen LogP) is 4.11. The van der Waals surface area contributed by atoms with E-state index in [9.17, 15) is 9.59 Å². The maximum atomic E-state index is 13.3. The van der Waals surface area contributed by atoms with Gasteiger partial charge in [-0.05, 0) is 51.0 Å². The Kier molecular flexibility index (Phi) is 6.74. The molecule has 0 bridgehead atoms. The highest BCUT2D eigenvalue weighted by atomic mass is 35.5. The fraction of sp³-hybridized carbons (Fsp3) is 0.333. The molecule has 3 N–H and O–H groups in total. The number of ether oxygens (including phenoxy) is 1. The molecule has 3 aromatic rings. The van der Waals surface area contributed by atoms with Crippen molar-refractivity contribution >= 4 is 35.1 Å². The Morgan fingerprint density at radius 3 is 2.81 bits per heavy atom. The van der Waals surface area contributed by atoms with Crippen LogP contribution in [0.2, 0.25) is 5.02 Å². The zero-order valence-corrected chi connectivity index (χ0v) is 21.5. The molecule has 3 atom stereocenters. The third kappa shape index (κ3) is 4.97. The molecule has 1 fully saturated rings. The van der Waals surface area contributed by atoms with Crippen molar-refractivity contribution in [3.8, 4) is 5.69 Å². The van der Waals surface area contributed by atoms with Gasteiger partial charge in [-0.25, -0.2) is 9.98 Å². The van der Waals surface area contributed by atoms with Crippen LogP contribution in [0.5, 0.6) is 0 Å². The third-order valence-electron chi connectivity index (χ3n) is 6.93. The van der Waals surface area contributed by atoms with Crippen LogP contribution in [0, 0.1) is 0 Å². The van der Waals surface area contributed by atoms with E-state index in [2.05, 4.69) is 10.3 Å². The van der Waals surface area contributed by atoms with Crippen LogP contribution in [0.25, 0.3) is 5.69 Å². The monoisotopic (exact) mass is 520 g/mol. The van der Waals surface area contributed by atoms with Crippen molar-refractivity contribution in [1.29, 1.82) is 0 Å². The lowest BCUT2D eigenvalue weighted by Gasteiger charge is -2.41. The smallest absolute Gasteiger partial charge is 0.255 e. The summed E-state index contributed by atoms with van der Waals surface area (Å²) in [4.78, 5) is 36.8. The number of carbonyl (C=O) groups excluding carboxylic acids is 2. The summed E-state index contributed by atoms with van der Waals surface area (Å²) in [6.07, 6.45) is 6.74. The standard InChI is InChI=1S/C27H29ClN6O3/c1-17-13-20(9-12-37-17)34-23(35)15-27(2,32-26(34)29)21-7-4-8-22(24(21)28)31-25(36)18-5-3-6-19(14-18)33-11-10-30-16-33/h3-8,10-11,14,16-17,20H,9,12-13,15H2,1-2H3,(H2,29,32)(H,31,36)/t17-,20-,27+/m1/s1. The van der Waals surface area contributed by atoms with Crippen LogP contribution < -0.4 is 11.1 Å². The van der Waals surface area contributed by atoms with Gasteiger partial charge in [0.25, 0.3) is 5.91 Å². The van der Waals surface area contributed by atoms with E-state index in [1.54, 1.807) is 54.0 Å². The molecule has 0 radical (unpaired) electrons. The highest BCUT2D eigenvalue weighted by Gasteiger charge is 2.42. The van der Waals surface area contributed by atoms with Crippen molar-refractivity contribution in [2.24, 2.45) is 10.7 Å². The lowest BCUT2D eigenvalue weighted by Crippen LogP contribution is -2.56. The number of guanidine groups is 1. The van der Waals surface area contributed by atoms with Gasteiger partial charge in [0, 0.05) is 41.9 Å². The van der Waals surface area contributed by atoms with Crippen molar-refractivity contribution in [1.82, 2.24) is 14.5 Å². The molecule has 2 aliphatic heterocycles. The quantitative estimate of drug-likeness (QED) is 0.525. The maximum Gasteiger partial charge on any atom is 0.255 e. The first-order chi connectivity index (χ1) is 17.7. The first-order valence-electron chi connectivity index (χ1n) is 12.2. The normalized spacial score (nSPS) is 24.0. The van der Waals surface area contributed by atoms with E-state index in [0.29, 0.717) is 41.3 Å². The van der Waals surface area contributed by atoms with Crippen molar-refractivity contribution in [3.05, 3.63) is 77.3 Å². The maximum absolute atomic E-state index is 13.3. The van der Waals surface area contributed by atoms with Crippen molar-refractivity contribution in [3.63, 3.8) is 0 Å². The first-order valence-corrected chi connectivity index (χ1v) is 12.6. The number of rotatable bonds is 5. The molecule has 2 aliphatic rings. The van der Waals surface area contributed by atoms with Gasteiger partial charge in [-0.15, -0.1) is 0 Å². The van der Waals surface area contributed by atoms with Crippen LogP contribution in [0.4, 0.5) is 5.69 Å². The molecule has 10 heteroatoms. The Hall–Kier alpha value is -3.69. The van der Waals surface area contributed by atoms with Crippen molar-refractivity contribution < 1.29 is 14.3 Å². The van der Waals surface area contributed by atoms with Crippen molar-refractivity contribution in [2.75, 3.05) is 11.9 Å². The number of benzene rings is 2. The number of hydrogen-bond donors (Lipinski definition) is 2. The minimum atomic E-state index is -0.965. The topological polar surface area (TPSA) is 115 Å². The number of aliphatic imine (C=N–C) groups is 1. The number of nitrogens with two attached hydrogens (primary N) is 1. The summed E-state index contributed by atoms with van der Waals surface area (Å²) in [5, 5.41) is 3.22. The molecule has 2 amide bonds. The summed E-state index contributed by atoms with van der Waals surface area (Å²) in [6.45, 7) is 4.41. The van der Waals surface area contributed by atoms with Gasteiger partial charge in [-0.1, -0.05) is 29.8 Å². The Morgan fingerprint density at radius 2 is 2.08 bits per heavy atom. The molecular formula is C27H29ClN6O3. The number of anilines is 1. The second kappa shape index (κ2) is 9.99. The summed E-state index contributed by atoms with van der Waals surface area (Å²) in [5.41, 5.74) is 7.72. The van der Waals surface area contributed by atoms with E-state index < -0.39 is 5.54 Å². The average molecular weight is 521 g/mol. The highest BCUT2D eigenvalue weighted by molar-refractivity contribution is 6.35. The zero-order valence-electron chi connectivity index (χ0n) is 20.7. The van der Waals surface area contributed by atoms with Gasteiger partial charge in [0.1, 0.15) is 0 Å². The van der Waals surface area contributed by atoms with Crippen molar-refractivity contribution in [2.45, 2.75) is 50.8 Å². The molecule has 9 nitrogen and oxygen atoms in total. The molecule has 3 heterocycles. The van der Waals surface area contributed by atoms with Gasteiger partial charge in [0.05, 0.1) is 35.1 Å². The Morgan fingerprint density at radius 1 is 1.27 bits per heavy atom. The second-order valence-corrected chi connectivity index (χ2v) is 10.1. The van der Waals surface area contributed by atoms with E-state index in [4.69, 9.17) is 27.1 Å². The van der Waals surface area contributed by atoms with E-state index >= 15 is 0 Å². The zero-order chi connectivity index (χ0) is 26.2. The third-order valence-corrected chi connectivity index (χ3v) is 7.34. The number of carbonyl (C=O) groups is 2. The van der Waals surface area contributed by atoms with Gasteiger partial charge < -0.3 is 20.4 Å². The number of aromatic nitrogens is 2. The SMILES string of the molecule is C[C@@H]1C[C@H](N2C(=O)C[C@@](C)(c3cccc(NC(=O)c4cccc(-n5ccnc5)c4)c3Cl)N=C2N)CCO1. The molecular weight excluding hydrogens is 492 g/mol. The van der Waals surface area contributed by atoms with Crippen LogP contribution in [-0.4, -0.2) is 51.0 Å². The fourth-order valence-electron chi connectivity index (χ4n) is 5.07. The van der Waals surface area contributed by atoms with Crippen LogP contribution in [-0.2, 0) is 15.1 Å². The number of imidazole rings is 1. The number of halogens is 1. The van der Waals surface area contributed by atoms with Gasteiger partial charge in [-0.3, -0.25) is 14.5 Å². The summed E-state index contributed by atoms with van der Waals surface area (Å²) < 4.78 is 7.44. The van der Waals surface area contributed by atoms with E-state index in [0.717, 1.165) is 5.69 Å². The largest absolute Gasteiger partial charge is 0.378 e. The van der Waals surface area contributed by atoms with Gasteiger partial charge in [-0.2, -0.15) is 0 Å². The molecule has 37 heavy (non-hydrogen) atoms. The number of nitrogens with zero attached hydrogens (tertiary/aromatic N) is 4. The van der Waals surface area contributed by atoms with Crippen LogP contribution in [0.3, 0.4) is 0 Å². The van der Waals surface area contributed by atoms with Crippen LogP contribution in [0.15, 0.2) is 66.2 Å². The summed E-state index contributed by atoms with van der Waals surface area (Å²) in [5.74, 6) is -0.232. The molecule has 2 aromatic carbocycles. The lowest BCUT2D eigenvalue weighted by molar-refractivity contribution is -0.133. The second-order valence-electron chi connectivity index (χ2n) is 9.69. The van der Waals surface area contributed by atoms with Crippen LogP contribution in [0.1, 0.15) is 49.0 Å². The lowest BCUT2D eigenvalue weighted by atomic mass is 9.86. The highest BCUT2D eigenvalue weighted by Crippen LogP contribution is 2.41. The minimum Gasteiger partial charge on any atom is -0.378 e. The van der Waals surface area contributed by atoms with E-state index in [1.807, 2.05) is 30.5 Å². The number of nitrogens with one attached hydrogen (secondary N) is 1. The molecule has 0 unspecified atom stereocenters. The molecule has 1 saturated heterocycles. The molecule has 0 aliphatic carbocycles. The molecule has 1 aromatic heterocycles. The summed E-state index contributed by atoms with van der Waals surface area (Å²) in [7, 11) is 0. The van der Waals surface area contributed by atoms with Gasteiger partial charge in [0.2, 0.25) is 5.91 Å². The Labute approximate surface area is 220 Å². The number of amides is 2. The minimum absolute atomic E-state index is 0.0382. The summed E-state index contributed by atoms with van der Waals surface area (Å²) in [6, 6.07) is 12.5. The molecule has 0 spiro atoms. The summed E-state index contributed by atoms with van der Waals surface area (Å²) >= 11 is 6.80. The van der Waals surface area contributed by atoms with Gasteiger partial charge in [0.15, 0.2) is 5.96 Å². The van der Waals surface area contributed by atoms with E-state index in [1.165, 1.54) is 0 Å². The predicted molar refractivity (Wildman–Crippen MR) is 142 cm³/mol. The van der Waals surface area contributed by atoms with Gasteiger partial charge >= 0.3 is 0 Å². The Balaban J connectivity index is 1.39. The molecule has 0 saturated carbocycles. The van der Waals surface area contributed by atoms with Crippen LogP contribution >= 0.6 is 11.6 Å². The first kappa shape index (κ1) is 25.0.